The Labute approximate surface area is 75.5 Å². The highest BCUT2D eigenvalue weighted by Gasteiger charge is 1.96. The highest BCUT2D eigenvalue weighted by Crippen LogP contribution is 2.10. The number of anilines is 1. The summed E-state index contributed by atoms with van der Waals surface area (Å²) in [5, 5.41) is 0. The molecular formula is C9H10FNO2. The van der Waals surface area contributed by atoms with Crippen LogP contribution in [0, 0.1) is 0 Å². The van der Waals surface area contributed by atoms with E-state index in [4.69, 9.17) is 4.74 Å². The van der Waals surface area contributed by atoms with Crippen LogP contribution in [0.4, 0.5) is 10.2 Å². The van der Waals surface area contributed by atoms with Crippen molar-refractivity contribution in [3.63, 3.8) is 0 Å². The number of nitrogens with one attached hydrogen (secondary N) is 1. The molecule has 3 nitrogen and oxygen atoms in total. The van der Waals surface area contributed by atoms with Crippen LogP contribution in [0.15, 0.2) is 24.3 Å². The Kier molecular flexibility index (Phi) is 3.25. The number of hydrogen-bond donors (Lipinski definition) is 1. The molecule has 4 heteroatoms. The van der Waals surface area contributed by atoms with Gasteiger partial charge in [0.05, 0.1) is 5.69 Å². The number of carbonyl (C=O) groups is 1. The third-order valence-electron chi connectivity index (χ3n) is 1.51. The van der Waals surface area contributed by atoms with Gasteiger partial charge in [0, 0.05) is 6.92 Å². The minimum Gasteiger partial charge on any atom is -0.461 e. The number of esters is 1. The van der Waals surface area contributed by atoms with Crippen LogP contribution in [0.5, 0.6) is 0 Å². The van der Waals surface area contributed by atoms with Gasteiger partial charge in [-0.1, -0.05) is 12.1 Å². The lowest BCUT2D eigenvalue weighted by Crippen LogP contribution is -1.98. The molecule has 0 spiro atoms. The molecule has 0 amide bonds. The van der Waals surface area contributed by atoms with Crippen LogP contribution >= 0.6 is 0 Å². The molecule has 0 unspecified atom stereocenters. The fraction of sp³-hybridized carbons (Fsp3) is 0.222. The van der Waals surface area contributed by atoms with Crippen molar-refractivity contribution in [2.24, 2.45) is 0 Å². The van der Waals surface area contributed by atoms with Crippen LogP contribution in [0.25, 0.3) is 0 Å². The Morgan fingerprint density at radius 3 is 2.54 bits per heavy atom. The average Bonchev–Trinajstić information content (AvgIpc) is 2.15. The van der Waals surface area contributed by atoms with E-state index in [1.807, 2.05) is 0 Å². The topological polar surface area (TPSA) is 38.3 Å². The van der Waals surface area contributed by atoms with Gasteiger partial charge >= 0.3 is 5.97 Å². The van der Waals surface area contributed by atoms with Gasteiger partial charge in [0.1, 0.15) is 6.61 Å². The molecule has 0 aromatic heterocycles. The van der Waals surface area contributed by atoms with E-state index < -0.39 is 0 Å². The van der Waals surface area contributed by atoms with E-state index in [-0.39, 0.29) is 12.6 Å². The van der Waals surface area contributed by atoms with Gasteiger partial charge < -0.3 is 4.74 Å². The van der Waals surface area contributed by atoms with Crippen LogP contribution in [-0.2, 0) is 16.1 Å². The largest absolute Gasteiger partial charge is 0.461 e. The maximum absolute atomic E-state index is 11.8. The Hall–Kier alpha value is -1.58. The third kappa shape index (κ3) is 3.11. The lowest BCUT2D eigenvalue weighted by molar-refractivity contribution is -0.142. The summed E-state index contributed by atoms with van der Waals surface area (Å²) in [6.45, 7) is 1.57. The minimum atomic E-state index is -0.326. The van der Waals surface area contributed by atoms with Crippen LogP contribution in [-0.4, -0.2) is 5.97 Å². The molecule has 1 aromatic rings. The van der Waals surface area contributed by atoms with E-state index in [0.717, 1.165) is 5.56 Å². The SMILES string of the molecule is CC(=O)OCc1ccc(NF)cc1. The first-order chi connectivity index (χ1) is 6.22. The van der Waals surface area contributed by atoms with E-state index in [9.17, 15) is 9.28 Å². The van der Waals surface area contributed by atoms with Crippen molar-refractivity contribution in [2.45, 2.75) is 13.5 Å². The normalized spacial score (nSPS) is 9.38. The second-order valence-corrected chi connectivity index (χ2v) is 2.57. The standard InChI is InChI=1S/C9H10FNO2/c1-7(12)13-6-8-2-4-9(11-10)5-3-8/h2-5,11H,6H2,1H3. The zero-order valence-electron chi connectivity index (χ0n) is 7.21. The van der Waals surface area contributed by atoms with Crippen LogP contribution in [0.1, 0.15) is 12.5 Å². The molecule has 1 aromatic carbocycles. The Balaban J connectivity index is 2.54. The van der Waals surface area contributed by atoms with Gasteiger partial charge in [-0.2, -0.15) is 0 Å². The van der Waals surface area contributed by atoms with E-state index in [2.05, 4.69) is 0 Å². The molecular weight excluding hydrogens is 173 g/mol. The highest BCUT2D eigenvalue weighted by atomic mass is 19.2. The summed E-state index contributed by atoms with van der Waals surface area (Å²) in [6, 6.07) is 6.51. The van der Waals surface area contributed by atoms with Crippen molar-refractivity contribution in [3.8, 4) is 0 Å². The Morgan fingerprint density at radius 1 is 1.46 bits per heavy atom. The number of ether oxygens (including phenoxy) is 1. The second-order valence-electron chi connectivity index (χ2n) is 2.57. The fourth-order valence-electron chi connectivity index (χ4n) is 0.849. The van der Waals surface area contributed by atoms with Gasteiger partial charge in [-0.25, -0.2) is 5.54 Å². The van der Waals surface area contributed by atoms with Crippen LogP contribution < -0.4 is 5.54 Å². The smallest absolute Gasteiger partial charge is 0.302 e. The van der Waals surface area contributed by atoms with Crippen molar-refractivity contribution in [3.05, 3.63) is 29.8 Å². The summed E-state index contributed by atoms with van der Waals surface area (Å²) >= 11 is 0. The molecule has 0 bridgehead atoms. The first kappa shape index (κ1) is 9.51. The van der Waals surface area contributed by atoms with E-state index in [1.54, 1.807) is 24.3 Å². The predicted molar refractivity (Wildman–Crippen MR) is 46.6 cm³/mol. The molecule has 0 heterocycles. The molecule has 1 N–H and O–H groups in total. The Morgan fingerprint density at radius 2 is 2.08 bits per heavy atom. The monoisotopic (exact) mass is 183 g/mol. The van der Waals surface area contributed by atoms with Crippen LogP contribution in [0.3, 0.4) is 0 Å². The first-order valence-corrected chi connectivity index (χ1v) is 3.81. The van der Waals surface area contributed by atoms with Gasteiger partial charge in [-0.05, 0) is 17.7 Å². The summed E-state index contributed by atoms with van der Waals surface area (Å²) in [7, 11) is 0. The first-order valence-electron chi connectivity index (χ1n) is 3.81. The Bertz CT molecular complexity index is 284. The molecule has 0 aliphatic rings. The zero-order chi connectivity index (χ0) is 9.68. The quantitative estimate of drug-likeness (QED) is 0.575. The van der Waals surface area contributed by atoms with Gasteiger partial charge in [0.2, 0.25) is 0 Å². The van der Waals surface area contributed by atoms with Gasteiger partial charge in [0.25, 0.3) is 0 Å². The maximum Gasteiger partial charge on any atom is 0.302 e. The van der Waals surface area contributed by atoms with Crippen molar-refractivity contribution in [1.29, 1.82) is 0 Å². The molecule has 0 saturated heterocycles. The zero-order valence-corrected chi connectivity index (χ0v) is 7.21. The molecule has 13 heavy (non-hydrogen) atoms. The summed E-state index contributed by atoms with van der Waals surface area (Å²) in [5.41, 5.74) is 2.72. The summed E-state index contributed by atoms with van der Waals surface area (Å²) in [4.78, 5) is 10.4. The van der Waals surface area contributed by atoms with E-state index >= 15 is 0 Å². The molecule has 70 valence electrons. The lowest BCUT2D eigenvalue weighted by atomic mass is 10.2. The molecule has 0 aliphatic heterocycles. The molecule has 0 fully saturated rings. The molecule has 0 atom stereocenters. The molecule has 0 saturated carbocycles. The minimum absolute atomic E-state index is 0.224. The predicted octanol–water partition coefficient (Wildman–Crippen LogP) is 2.05. The van der Waals surface area contributed by atoms with E-state index in [0.29, 0.717) is 5.69 Å². The highest BCUT2D eigenvalue weighted by molar-refractivity contribution is 5.65. The summed E-state index contributed by atoms with van der Waals surface area (Å²) in [5.74, 6) is -0.326. The number of benzene rings is 1. The van der Waals surface area contributed by atoms with Gasteiger partial charge in [-0.3, -0.25) is 4.79 Å². The average molecular weight is 183 g/mol. The van der Waals surface area contributed by atoms with Crippen molar-refractivity contribution >= 4 is 11.7 Å². The molecule has 0 radical (unpaired) electrons. The summed E-state index contributed by atoms with van der Waals surface area (Å²) < 4.78 is 16.6. The van der Waals surface area contributed by atoms with Crippen molar-refractivity contribution < 1.29 is 14.0 Å². The number of halogens is 1. The third-order valence-corrected chi connectivity index (χ3v) is 1.51. The number of rotatable bonds is 3. The number of hydrogen-bond acceptors (Lipinski definition) is 3. The van der Waals surface area contributed by atoms with Crippen molar-refractivity contribution in [2.75, 3.05) is 5.54 Å². The fourth-order valence-corrected chi connectivity index (χ4v) is 0.849. The van der Waals surface area contributed by atoms with E-state index in [1.165, 1.54) is 12.5 Å². The maximum atomic E-state index is 11.8. The molecule has 1 rings (SSSR count). The van der Waals surface area contributed by atoms with Crippen molar-refractivity contribution in [1.82, 2.24) is 0 Å². The number of carbonyl (C=O) groups excluding carboxylic acids is 1. The van der Waals surface area contributed by atoms with Crippen LogP contribution in [0.2, 0.25) is 0 Å². The van der Waals surface area contributed by atoms with Gasteiger partial charge in [-0.15, -0.1) is 4.48 Å². The van der Waals surface area contributed by atoms with Gasteiger partial charge in [0.15, 0.2) is 0 Å². The molecule has 0 aliphatic carbocycles. The summed E-state index contributed by atoms with van der Waals surface area (Å²) in [6.07, 6.45) is 0. The second kappa shape index (κ2) is 4.45. The lowest BCUT2D eigenvalue weighted by Gasteiger charge is -2.02.